The zero-order valence-electron chi connectivity index (χ0n) is 9.05. The summed E-state index contributed by atoms with van der Waals surface area (Å²) in [5.41, 5.74) is 0. The molecule has 3 heteroatoms. The third-order valence-electron chi connectivity index (χ3n) is 2.63. The van der Waals surface area contributed by atoms with Crippen molar-refractivity contribution in [2.24, 2.45) is 0 Å². The minimum absolute atomic E-state index is 0.182. The number of rotatable bonds is 5. The second-order valence-corrected chi connectivity index (χ2v) is 3.95. The van der Waals surface area contributed by atoms with Crippen molar-refractivity contribution in [2.75, 3.05) is 6.54 Å². The van der Waals surface area contributed by atoms with Gasteiger partial charge in [0.1, 0.15) is 6.10 Å². The van der Waals surface area contributed by atoms with Crippen LogP contribution in [-0.2, 0) is 4.74 Å². The van der Waals surface area contributed by atoms with Crippen LogP contribution in [0.3, 0.4) is 0 Å². The fourth-order valence-electron chi connectivity index (χ4n) is 1.76. The maximum absolute atomic E-state index is 11.2. The van der Waals surface area contributed by atoms with Gasteiger partial charge in [0.15, 0.2) is 0 Å². The van der Waals surface area contributed by atoms with Crippen LogP contribution in [0.4, 0.5) is 4.79 Å². The Balaban J connectivity index is 1.98. The van der Waals surface area contributed by atoms with Crippen LogP contribution in [-0.4, -0.2) is 18.7 Å². The van der Waals surface area contributed by atoms with E-state index in [-0.39, 0.29) is 12.2 Å². The van der Waals surface area contributed by atoms with E-state index < -0.39 is 0 Å². The molecule has 0 aliphatic heterocycles. The lowest BCUT2D eigenvalue weighted by molar-refractivity contribution is 0.101. The zero-order chi connectivity index (χ0) is 10.2. The number of unbranched alkanes of at least 4 members (excludes halogenated alkanes) is 2. The average molecular weight is 199 g/mol. The lowest BCUT2D eigenvalue weighted by Gasteiger charge is -2.11. The van der Waals surface area contributed by atoms with E-state index in [1.165, 1.54) is 25.7 Å². The van der Waals surface area contributed by atoms with Crippen molar-refractivity contribution in [3.8, 4) is 0 Å². The van der Waals surface area contributed by atoms with Gasteiger partial charge >= 0.3 is 6.09 Å². The van der Waals surface area contributed by atoms with Crippen molar-refractivity contribution in [2.45, 2.75) is 58.0 Å². The van der Waals surface area contributed by atoms with Gasteiger partial charge in [0.25, 0.3) is 0 Å². The number of amides is 1. The molecule has 0 heterocycles. The Morgan fingerprint density at radius 3 is 2.71 bits per heavy atom. The third kappa shape index (κ3) is 4.49. The lowest BCUT2D eigenvalue weighted by Crippen LogP contribution is -2.28. The Kier molecular flexibility index (Phi) is 5.42. The number of ether oxygens (including phenoxy) is 1. The molecule has 1 saturated carbocycles. The van der Waals surface area contributed by atoms with Gasteiger partial charge in [-0.3, -0.25) is 0 Å². The molecule has 0 bridgehead atoms. The molecule has 1 amide bonds. The van der Waals surface area contributed by atoms with E-state index in [1.807, 2.05) is 0 Å². The molecule has 1 aliphatic carbocycles. The van der Waals surface area contributed by atoms with Crippen LogP contribution in [0.5, 0.6) is 0 Å². The number of carbonyl (C=O) groups excluding carboxylic acids is 1. The molecule has 0 spiro atoms. The van der Waals surface area contributed by atoms with Crippen molar-refractivity contribution in [3.63, 3.8) is 0 Å². The van der Waals surface area contributed by atoms with Crippen LogP contribution < -0.4 is 5.32 Å². The van der Waals surface area contributed by atoms with Crippen molar-refractivity contribution in [1.29, 1.82) is 0 Å². The molecule has 1 N–H and O–H groups in total. The van der Waals surface area contributed by atoms with Crippen LogP contribution in [0.15, 0.2) is 0 Å². The highest BCUT2D eigenvalue weighted by atomic mass is 16.6. The normalized spacial score (nSPS) is 16.9. The predicted molar refractivity (Wildman–Crippen MR) is 56.3 cm³/mol. The summed E-state index contributed by atoms with van der Waals surface area (Å²) in [7, 11) is 0. The SMILES string of the molecule is CCCCCNC(=O)OC1CCCC1. The Morgan fingerprint density at radius 2 is 2.07 bits per heavy atom. The number of alkyl carbamates (subject to hydrolysis) is 1. The number of hydrogen-bond acceptors (Lipinski definition) is 2. The summed E-state index contributed by atoms with van der Waals surface area (Å²) >= 11 is 0. The first-order valence-corrected chi connectivity index (χ1v) is 5.77. The Bertz CT molecular complexity index is 165. The lowest BCUT2D eigenvalue weighted by atomic mass is 10.2. The van der Waals surface area contributed by atoms with E-state index in [0.29, 0.717) is 0 Å². The molecule has 14 heavy (non-hydrogen) atoms. The third-order valence-corrected chi connectivity index (χ3v) is 2.63. The van der Waals surface area contributed by atoms with Crippen LogP contribution in [0.25, 0.3) is 0 Å². The minimum atomic E-state index is -0.229. The second-order valence-electron chi connectivity index (χ2n) is 3.95. The summed E-state index contributed by atoms with van der Waals surface area (Å²) < 4.78 is 5.24. The van der Waals surface area contributed by atoms with Gasteiger partial charge in [-0.2, -0.15) is 0 Å². The van der Waals surface area contributed by atoms with Crippen molar-refractivity contribution in [1.82, 2.24) is 5.32 Å². The largest absolute Gasteiger partial charge is 0.446 e. The minimum Gasteiger partial charge on any atom is -0.446 e. The maximum atomic E-state index is 11.2. The second kappa shape index (κ2) is 6.68. The fourth-order valence-corrected chi connectivity index (χ4v) is 1.76. The molecular weight excluding hydrogens is 178 g/mol. The summed E-state index contributed by atoms with van der Waals surface area (Å²) in [6, 6.07) is 0. The standard InChI is InChI=1S/C11H21NO2/c1-2-3-6-9-12-11(13)14-10-7-4-5-8-10/h10H,2-9H2,1H3,(H,12,13). The van der Waals surface area contributed by atoms with Crippen LogP contribution in [0.1, 0.15) is 51.9 Å². The molecule has 0 aromatic rings. The summed E-state index contributed by atoms with van der Waals surface area (Å²) in [5, 5.41) is 2.78. The van der Waals surface area contributed by atoms with E-state index in [1.54, 1.807) is 0 Å². The molecule has 0 aromatic heterocycles. The van der Waals surface area contributed by atoms with Gasteiger partial charge in [0.05, 0.1) is 0 Å². The monoisotopic (exact) mass is 199 g/mol. The fraction of sp³-hybridized carbons (Fsp3) is 0.909. The van der Waals surface area contributed by atoms with E-state index in [9.17, 15) is 4.79 Å². The van der Waals surface area contributed by atoms with Crippen molar-refractivity contribution in [3.05, 3.63) is 0 Å². The first-order chi connectivity index (χ1) is 6.83. The molecule has 1 aliphatic rings. The van der Waals surface area contributed by atoms with Gasteiger partial charge in [-0.05, 0) is 32.1 Å². The highest BCUT2D eigenvalue weighted by molar-refractivity contribution is 5.67. The van der Waals surface area contributed by atoms with E-state index in [0.717, 1.165) is 25.8 Å². The molecule has 82 valence electrons. The van der Waals surface area contributed by atoms with Crippen LogP contribution >= 0.6 is 0 Å². The molecule has 0 saturated heterocycles. The average Bonchev–Trinajstić information content (AvgIpc) is 2.65. The maximum Gasteiger partial charge on any atom is 0.407 e. The molecular formula is C11H21NO2. The summed E-state index contributed by atoms with van der Waals surface area (Å²) in [6.07, 6.45) is 7.85. The summed E-state index contributed by atoms with van der Waals surface area (Å²) in [5.74, 6) is 0. The Hall–Kier alpha value is -0.730. The highest BCUT2D eigenvalue weighted by Crippen LogP contribution is 2.20. The van der Waals surface area contributed by atoms with Gasteiger partial charge in [-0.25, -0.2) is 4.79 Å². The number of hydrogen-bond donors (Lipinski definition) is 1. The van der Waals surface area contributed by atoms with Crippen LogP contribution in [0, 0.1) is 0 Å². The summed E-state index contributed by atoms with van der Waals surface area (Å²) in [4.78, 5) is 11.2. The number of carbonyl (C=O) groups is 1. The topological polar surface area (TPSA) is 38.3 Å². The molecule has 0 aromatic carbocycles. The number of nitrogens with one attached hydrogen (secondary N) is 1. The predicted octanol–water partition coefficient (Wildman–Crippen LogP) is 2.85. The quantitative estimate of drug-likeness (QED) is 0.691. The molecule has 1 fully saturated rings. The summed E-state index contributed by atoms with van der Waals surface area (Å²) in [6.45, 7) is 2.90. The van der Waals surface area contributed by atoms with Crippen LogP contribution in [0.2, 0.25) is 0 Å². The highest BCUT2D eigenvalue weighted by Gasteiger charge is 2.18. The van der Waals surface area contributed by atoms with Crippen molar-refractivity contribution >= 4 is 6.09 Å². The van der Waals surface area contributed by atoms with Gasteiger partial charge in [0, 0.05) is 6.54 Å². The smallest absolute Gasteiger partial charge is 0.407 e. The Morgan fingerprint density at radius 1 is 1.36 bits per heavy atom. The molecule has 0 atom stereocenters. The molecule has 0 radical (unpaired) electrons. The van der Waals surface area contributed by atoms with E-state index >= 15 is 0 Å². The Labute approximate surface area is 86.2 Å². The van der Waals surface area contributed by atoms with Crippen molar-refractivity contribution < 1.29 is 9.53 Å². The van der Waals surface area contributed by atoms with Gasteiger partial charge < -0.3 is 10.1 Å². The van der Waals surface area contributed by atoms with Gasteiger partial charge in [-0.1, -0.05) is 19.8 Å². The van der Waals surface area contributed by atoms with E-state index in [4.69, 9.17) is 4.74 Å². The van der Waals surface area contributed by atoms with E-state index in [2.05, 4.69) is 12.2 Å². The first kappa shape index (κ1) is 11.3. The molecule has 3 nitrogen and oxygen atoms in total. The van der Waals surface area contributed by atoms with Gasteiger partial charge in [0.2, 0.25) is 0 Å². The zero-order valence-corrected chi connectivity index (χ0v) is 9.05. The van der Waals surface area contributed by atoms with Gasteiger partial charge in [-0.15, -0.1) is 0 Å². The first-order valence-electron chi connectivity index (χ1n) is 5.77. The molecule has 1 rings (SSSR count). The molecule has 0 unspecified atom stereocenters.